The van der Waals surface area contributed by atoms with Crippen LogP contribution in [0.1, 0.15) is 6.92 Å². The maximum absolute atomic E-state index is 12.4. The maximum atomic E-state index is 12.4. The highest BCUT2D eigenvalue weighted by molar-refractivity contribution is 6.02. The molecule has 0 atom stereocenters. The third-order valence-corrected chi connectivity index (χ3v) is 3.99. The minimum absolute atomic E-state index is 0.0173. The molecule has 3 N–H and O–H groups in total. The van der Waals surface area contributed by atoms with Crippen LogP contribution >= 0.6 is 0 Å². The molecule has 0 aliphatic rings. The van der Waals surface area contributed by atoms with E-state index in [0.717, 1.165) is 22.5 Å². The van der Waals surface area contributed by atoms with Crippen LogP contribution in [0.15, 0.2) is 72.8 Å². The summed E-state index contributed by atoms with van der Waals surface area (Å²) in [6.45, 7) is 1.30. The molecule has 0 aliphatic carbocycles. The molecule has 1 aromatic heterocycles. The quantitative estimate of drug-likeness (QED) is 0.493. The van der Waals surface area contributed by atoms with Crippen LogP contribution in [0.3, 0.4) is 0 Å². The number of guanidine groups is 1. The largest absolute Gasteiger partial charge is 0.331 e. The van der Waals surface area contributed by atoms with E-state index in [1.807, 2.05) is 77.4 Å². The Morgan fingerprint density at radius 1 is 0.815 bits per heavy atom. The van der Waals surface area contributed by atoms with E-state index >= 15 is 0 Å². The fourth-order valence-corrected chi connectivity index (χ4v) is 2.89. The van der Waals surface area contributed by atoms with Crippen molar-refractivity contribution in [3.63, 3.8) is 0 Å². The zero-order valence-corrected chi connectivity index (χ0v) is 14.9. The second kappa shape index (κ2) is 8.14. The zero-order valence-electron chi connectivity index (χ0n) is 14.9. The summed E-state index contributed by atoms with van der Waals surface area (Å²) in [4.78, 5) is 23.5. The summed E-state index contributed by atoms with van der Waals surface area (Å²) in [5.41, 5.74) is 3.78. The Kier molecular flexibility index (Phi) is 5.47. The Morgan fingerprint density at radius 2 is 1.30 bits per heavy atom. The van der Waals surface area contributed by atoms with Crippen LogP contribution in [-0.2, 0) is 16.1 Å². The number of aromatic nitrogens is 1. The van der Waals surface area contributed by atoms with Crippen LogP contribution in [0.5, 0.6) is 0 Å². The fourth-order valence-electron chi connectivity index (χ4n) is 2.89. The van der Waals surface area contributed by atoms with Gasteiger partial charge in [-0.25, -0.2) is 0 Å². The molecule has 136 valence electrons. The van der Waals surface area contributed by atoms with Gasteiger partial charge in [0.05, 0.1) is 0 Å². The van der Waals surface area contributed by atoms with Gasteiger partial charge in [-0.2, -0.15) is 0 Å². The lowest BCUT2D eigenvalue weighted by Gasteiger charge is -2.14. The standard InChI is InChI=1S/C21H20N4O2/c1-15(26)23-21(22)24-20(27)14-25-18(16-8-4-2-5-9-16)12-13-19(25)17-10-6-3-7-11-17/h2-13H,14H2,1H3,(H3,22,23,24,26,27). The number of hydrogen-bond acceptors (Lipinski definition) is 3. The average Bonchev–Trinajstić information content (AvgIpc) is 3.05. The number of amides is 2. The van der Waals surface area contributed by atoms with E-state index in [1.165, 1.54) is 6.92 Å². The third kappa shape index (κ3) is 4.49. The normalized spacial score (nSPS) is 10.3. The second-order valence-corrected chi connectivity index (χ2v) is 6.03. The average molecular weight is 360 g/mol. The molecule has 0 saturated carbocycles. The van der Waals surface area contributed by atoms with Gasteiger partial charge >= 0.3 is 0 Å². The van der Waals surface area contributed by atoms with E-state index in [0.29, 0.717) is 0 Å². The van der Waals surface area contributed by atoms with E-state index in [2.05, 4.69) is 10.6 Å². The van der Waals surface area contributed by atoms with E-state index in [4.69, 9.17) is 5.41 Å². The summed E-state index contributed by atoms with van der Waals surface area (Å²) in [6, 6.07) is 23.6. The molecule has 27 heavy (non-hydrogen) atoms. The molecule has 3 aromatic rings. The summed E-state index contributed by atoms with van der Waals surface area (Å²) in [5.74, 6) is -1.13. The second-order valence-electron chi connectivity index (χ2n) is 6.03. The predicted molar refractivity (Wildman–Crippen MR) is 105 cm³/mol. The van der Waals surface area contributed by atoms with Gasteiger partial charge in [0, 0.05) is 18.3 Å². The number of nitrogens with zero attached hydrogens (tertiary/aromatic N) is 1. The molecule has 0 aliphatic heterocycles. The highest BCUT2D eigenvalue weighted by Crippen LogP contribution is 2.28. The van der Waals surface area contributed by atoms with Crippen molar-refractivity contribution < 1.29 is 9.59 Å². The Bertz CT molecular complexity index is 905. The summed E-state index contributed by atoms with van der Waals surface area (Å²) in [5, 5.41) is 12.3. The first-order valence-electron chi connectivity index (χ1n) is 8.51. The van der Waals surface area contributed by atoms with Crippen LogP contribution in [0, 0.1) is 5.41 Å². The first-order valence-corrected chi connectivity index (χ1v) is 8.51. The van der Waals surface area contributed by atoms with Gasteiger partial charge in [-0.1, -0.05) is 60.7 Å². The third-order valence-electron chi connectivity index (χ3n) is 3.99. The molecule has 0 radical (unpaired) electrons. The van der Waals surface area contributed by atoms with E-state index < -0.39 is 5.91 Å². The van der Waals surface area contributed by atoms with Crippen LogP contribution in [-0.4, -0.2) is 22.3 Å². The molecule has 6 nitrogen and oxygen atoms in total. The highest BCUT2D eigenvalue weighted by atomic mass is 16.2. The first kappa shape index (κ1) is 18.1. The molecule has 0 unspecified atom stereocenters. The Labute approximate surface area is 157 Å². The van der Waals surface area contributed by atoms with Crippen molar-refractivity contribution in [1.82, 2.24) is 15.2 Å². The van der Waals surface area contributed by atoms with Crippen LogP contribution < -0.4 is 10.6 Å². The van der Waals surface area contributed by atoms with Gasteiger partial charge in [-0.05, 0) is 23.3 Å². The molecule has 6 heteroatoms. The van der Waals surface area contributed by atoms with Crippen molar-refractivity contribution >= 4 is 17.8 Å². The van der Waals surface area contributed by atoms with Gasteiger partial charge in [0.2, 0.25) is 17.8 Å². The Balaban J connectivity index is 1.93. The van der Waals surface area contributed by atoms with Gasteiger partial charge in [0.15, 0.2) is 0 Å². The fraction of sp³-hybridized carbons (Fsp3) is 0.0952. The minimum Gasteiger partial charge on any atom is -0.331 e. The molecule has 2 amide bonds. The summed E-state index contributed by atoms with van der Waals surface area (Å²) in [6.07, 6.45) is 0. The molecule has 0 bridgehead atoms. The monoisotopic (exact) mass is 360 g/mol. The summed E-state index contributed by atoms with van der Waals surface area (Å²) >= 11 is 0. The highest BCUT2D eigenvalue weighted by Gasteiger charge is 2.15. The predicted octanol–water partition coefficient (Wildman–Crippen LogP) is 3.01. The van der Waals surface area contributed by atoms with Gasteiger partial charge in [0.25, 0.3) is 0 Å². The molecular weight excluding hydrogens is 340 g/mol. The van der Waals surface area contributed by atoms with Gasteiger partial charge < -0.3 is 4.57 Å². The number of rotatable bonds is 4. The maximum Gasteiger partial charge on any atom is 0.246 e. The van der Waals surface area contributed by atoms with Crippen molar-refractivity contribution in [2.24, 2.45) is 0 Å². The molecule has 1 heterocycles. The lowest BCUT2D eigenvalue weighted by Crippen LogP contribution is -2.43. The Morgan fingerprint density at radius 3 is 1.74 bits per heavy atom. The Hall–Kier alpha value is -3.67. The lowest BCUT2D eigenvalue weighted by atomic mass is 10.1. The number of carbonyl (C=O) groups excluding carboxylic acids is 2. The molecule has 0 spiro atoms. The first-order chi connectivity index (χ1) is 13.0. The van der Waals surface area contributed by atoms with Crippen molar-refractivity contribution in [3.05, 3.63) is 72.8 Å². The van der Waals surface area contributed by atoms with Crippen molar-refractivity contribution in [2.75, 3.05) is 0 Å². The van der Waals surface area contributed by atoms with Crippen LogP contribution in [0.4, 0.5) is 0 Å². The molecule has 0 fully saturated rings. The van der Waals surface area contributed by atoms with E-state index in [1.54, 1.807) is 0 Å². The molecule has 3 rings (SSSR count). The van der Waals surface area contributed by atoms with Gasteiger partial charge in [-0.15, -0.1) is 0 Å². The number of hydrogen-bond donors (Lipinski definition) is 3. The zero-order chi connectivity index (χ0) is 19.2. The SMILES string of the molecule is CC(=O)NC(=N)NC(=O)Cn1c(-c2ccccc2)ccc1-c1ccccc1. The minimum atomic E-state index is -0.406. The summed E-state index contributed by atoms with van der Waals surface area (Å²) in [7, 11) is 0. The molecule has 0 saturated heterocycles. The number of carbonyl (C=O) groups is 2. The van der Waals surface area contributed by atoms with Crippen LogP contribution in [0.2, 0.25) is 0 Å². The van der Waals surface area contributed by atoms with Gasteiger partial charge in [0.1, 0.15) is 6.54 Å². The smallest absolute Gasteiger partial charge is 0.246 e. The lowest BCUT2D eigenvalue weighted by molar-refractivity contribution is -0.120. The molecule has 2 aromatic carbocycles. The van der Waals surface area contributed by atoms with E-state index in [9.17, 15) is 9.59 Å². The topological polar surface area (TPSA) is 87.0 Å². The number of nitrogens with one attached hydrogen (secondary N) is 3. The number of benzene rings is 2. The molecular formula is C21H20N4O2. The van der Waals surface area contributed by atoms with Crippen molar-refractivity contribution in [3.8, 4) is 22.5 Å². The van der Waals surface area contributed by atoms with E-state index in [-0.39, 0.29) is 18.4 Å². The van der Waals surface area contributed by atoms with Crippen molar-refractivity contribution in [1.29, 1.82) is 5.41 Å². The van der Waals surface area contributed by atoms with Gasteiger partial charge in [-0.3, -0.25) is 25.6 Å². The van der Waals surface area contributed by atoms with Crippen LogP contribution in [0.25, 0.3) is 22.5 Å². The summed E-state index contributed by atoms with van der Waals surface area (Å²) < 4.78 is 1.90. The van der Waals surface area contributed by atoms with Crippen molar-refractivity contribution in [2.45, 2.75) is 13.5 Å².